The van der Waals surface area contributed by atoms with Crippen LogP contribution in [0.15, 0.2) is 24.4 Å². The van der Waals surface area contributed by atoms with Gasteiger partial charge in [-0.2, -0.15) is 5.26 Å². The number of pyridine rings is 1. The minimum atomic E-state index is -0.355. The third-order valence-corrected chi connectivity index (χ3v) is 8.39. The Morgan fingerprint density at radius 1 is 1.24 bits per heavy atom. The smallest absolute Gasteiger partial charge is 0.291 e. The fraction of sp³-hybridized carbons (Fsp3) is 0.538. The maximum absolute atomic E-state index is 12.8. The summed E-state index contributed by atoms with van der Waals surface area (Å²) in [5.74, 6) is 0.266. The first-order valence-corrected chi connectivity index (χ1v) is 12.2. The summed E-state index contributed by atoms with van der Waals surface area (Å²) in [6.07, 6.45) is 13.2. The molecule has 2 saturated heterocycles. The average molecular weight is 441 g/mol. The highest BCUT2D eigenvalue weighted by molar-refractivity contribution is 6.65. The zero-order valence-electron chi connectivity index (χ0n) is 19.9. The molecule has 0 radical (unpaired) electrons. The first kappa shape index (κ1) is 21.9. The summed E-state index contributed by atoms with van der Waals surface area (Å²) in [5.41, 5.74) is 4.48. The number of nitrogens with zero attached hydrogens (tertiary/aromatic N) is 3. The SMILES string of the molecule is CC1(C)CC=C(c2nc(C3CCB4CC[C@]4(C)C3)ccc2NC(=O)c2nc(C#N)c[nH]2)CC1. The third-order valence-electron chi connectivity index (χ3n) is 8.39. The van der Waals surface area contributed by atoms with Gasteiger partial charge in [0, 0.05) is 17.8 Å². The van der Waals surface area contributed by atoms with Gasteiger partial charge in [0.25, 0.3) is 5.91 Å². The normalized spacial score (nSPS) is 25.9. The average Bonchev–Trinajstić information content (AvgIpc) is 3.27. The molecule has 1 aliphatic carbocycles. The molecule has 6 nitrogen and oxygen atoms in total. The summed E-state index contributed by atoms with van der Waals surface area (Å²) in [7, 11) is 0. The molecule has 0 bridgehead atoms. The Kier molecular flexibility index (Phi) is 5.43. The standard InChI is InChI=1S/C26H32BN5O/c1-25(2)9-6-17(7-10-25)22-21(32-24(33)23-29-16-19(15-28)30-23)5-4-20(31-22)18-8-12-27-13-11-26(27,3)14-18/h4-6,16,18H,7-14H2,1-3H3,(H,29,30)(H,32,33)/t18?,26-/m1/s1. The van der Waals surface area contributed by atoms with Crippen LogP contribution in [-0.4, -0.2) is 27.6 Å². The van der Waals surface area contributed by atoms with Crippen LogP contribution in [-0.2, 0) is 0 Å². The van der Waals surface area contributed by atoms with E-state index < -0.39 is 0 Å². The van der Waals surface area contributed by atoms with Crippen molar-refractivity contribution >= 4 is 23.9 Å². The highest BCUT2D eigenvalue weighted by Crippen LogP contribution is 2.59. The predicted octanol–water partition coefficient (Wildman–Crippen LogP) is 6.06. The summed E-state index contributed by atoms with van der Waals surface area (Å²) in [6, 6.07) is 6.06. The van der Waals surface area contributed by atoms with E-state index in [-0.39, 0.29) is 17.4 Å². The van der Waals surface area contributed by atoms with Crippen LogP contribution in [0.1, 0.15) is 92.9 Å². The minimum absolute atomic E-state index is 0.136. The van der Waals surface area contributed by atoms with E-state index in [1.807, 2.05) is 12.1 Å². The summed E-state index contributed by atoms with van der Waals surface area (Å²) in [6.45, 7) is 7.94. The lowest BCUT2D eigenvalue weighted by atomic mass is 9.17. The first-order chi connectivity index (χ1) is 15.8. The minimum Gasteiger partial charge on any atom is -0.339 e. The Bertz CT molecular complexity index is 1160. The summed E-state index contributed by atoms with van der Waals surface area (Å²) in [4.78, 5) is 24.9. The van der Waals surface area contributed by atoms with Gasteiger partial charge < -0.3 is 10.3 Å². The number of amides is 1. The van der Waals surface area contributed by atoms with E-state index >= 15 is 0 Å². The molecule has 0 saturated carbocycles. The van der Waals surface area contributed by atoms with Crippen molar-refractivity contribution in [3.8, 4) is 6.07 Å². The molecule has 2 aromatic heterocycles. The van der Waals surface area contributed by atoms with Crippen LogP contribution >= 0.6 is 0 Å². The molecule has 2 aromatic rings. The third kappa shape index (κ3) is 4.24. The lowest BCUT2D eigenvalue weighted by Crippen LogP contribution is -2.44. The van der Waals surface area contributed by atoms with Crippen molar-refractivity contribution in [1.29, 1.82) is 5.26 Å². The molecular weight excluding hydrogens is 409 g/mol. The molecule has 4 heterocycles. The molecule has 2 aliphatic heterocycles. The van der Waals surface area contributed by atoms with E-state index in [2.05, 4.69) is 48.2 Å². The molecular formula is C26H32BN5O. The second-order valence-corrected chi connectivity index (χ2v) is 11.3. The van der Waals surface area contributed by atoms with Gasteiger partial charge in [0.15, 0.2) is 11.5 Å². The second kappa shape index (κ2) is 8.16. The number of nitriles is 1. The van der Waals surface area contributed by atoms with Gasteiger partial charge in [0.1, 0.15) is 12.8 Å². The number of imidazole rings is 1. The summed E-state index contributed by atoms with van der Waals surface area (Å²) < 4.78 is 0. The fourth-order valence-electron chi connectivity index (χ4n) is 5.94. The molecule has 0 spiro atoms. The molecule has 2 fully saturated rings. The number of nitrogens with one attached hydrogen (secondary N) is 2. The Labute approximate surface area is 196 Å². The molecule has 2 N–H and O–H groups in total. The number of anilines is 1. The van der Waals surface area contributed by atoms with Crippen LogP contribution in [0, 0.1) is 16.7 Å². The van der Waals surface area contributed by atoms with Gasteiger partial charge in [-0.25, -0.2) is 4.98 Å². The van der Waals surface area contributed by atoms with Gasteiger partial charge in [-0.3, -0.25) is 9.78 Å². The number of carbonyl (C=O) groups excluding carboxylic acids is 1. The van der Waals surface area contributed by atoms with E-state index in [0.29, 0.717) is 22.3 Å². The van der Waals surface area contributed by atoms with Gasteiger partial charge in [0.2, 0.25) is 0 Å². The van der Waals surface area contributed by atoms with Crippen LogP contribution in [0.3, 0.4) is 0 Å². The Morgan fingerprint density at radius 3 is 2.73 bits per heavy atom. The van der Waals surface area contributed by atoms with Crippen molar-refractivity contribution in [2.75, 3.05) is 5.32 Å². The van der Waals surface area contributed by atoms with E-state index in [0.717, 1.165) is 37.4 Å². The maximum atomic E-state index is 12.8. The number of H-pyrrole nitrogens is 1. The topological polar surface area (TPSA) is 94.5 Å². The van der Waals surface area contributed by atoms with Crippen molar-refractivity contribution < 1.29 is 4.79 Å². The number of hydrogen-bond donors (Lipinski definition) is 2. The van der Waals surface area contributed by atoms with E-state index in [9.17, 15) is 4.79 Å². The van der Waals surface area contributed by atoms with Crippen LogP contribution < -0.4 is 5.32 Å². The predicted molar refractivity (Wildman–Crippen MR) is 131 cm³/mol. The zero-order chi connectivity index (χ0) is 23.2. The molecule has 3 aliphatic rings. The Balaban J connectivity index is 1.45. The highest BCUT2D eigenvalue weighted by atomic mass is 16.2. The van der Waals surface area contributed by atoms with Crippen LogP contribution in [0.5, 0.6) is 0 Å². The molecule has 170 valence electrons. The maximum Gasteiger partial charge on any atom is 0.291 e. The van der Waals surface area contributed by atoms with Gasteiger partial charge >= 0.3 is 0 Å². The molecule has 5 rings (SSSR count). The lowest BCUT2D eigenvalue weighted by Gasteiger charge is -2.51. The van der Waals surface area contributed by atoms with Crippen LogP contribution in [0.25, 0.3) is 5.57 Å². The van der Waals surface area contributed by atoms with Crippen LogP contribution in [0.2, 0.25) is 18.0 Å². The highest BCUT2D eigenvalue weighted by Gasteiger charge is 2.49. The molecule has 2 atom stereocenters. The molecule has 1 unspecified atom stereocenters. The van der Waals surface area contributed by atoms with Crippen molar-refractivity contribution in [3.63, 3.8) is 0 Å². The molecule has 0 aromatic carbocycles. The largest absolute Gasteiger partial charge is 0.339 e. The Morgan fingerprint density at radius 2 is 2.09 bits per heavy atom. The van der Waals surface area contributed by atoms with Crippen LogP contribution in [0.4, 0.5) is 5.69 Å². The van der Waals surface area contributed by atoms with Crippen molar-refractivity contribution in [1.82, 2.24) is 15.0 Å². The monoisotopic (exact) mass is 441 g/mol. The summed E-state index contributed by atoms with van der Waals surface area (Å²) >= 11 is 0. The van der Waals surface area contributed by atoms with E-state index in [1.54, 1.807) is 0 Å². The van der Waals surface area contributed by atoms with E-state index in [4.69, 9.17) is 10.2 Å². The van der Waals surface area contributed by atoms with Gasteiger partial charge in [-0.15, -0.1) is 0 Å². The number of allylic oxidation sites excluding steroid dienone is 2. The Hall–Kier alpha value is -2.88. The number of carbonyl (C=O) groups is 1. The number of fused-ring (bicyclic) bond motifs is 1. The number of aromatic amines is 1. The zero-order valence-corrected chi connectivity index (χ0v) is 19.9. The molecule has 1 amide bonds. The molecule has 33 heavy (non-hydrogen) atoms. The van der Waals surface area contributed by atoms with Gasteiger partial charge in [-0.05, 0) is 48.8 Å². The number of rotatable bonds is 4. The second-order valence-electron chi connectivity index (χ2n) is 11.3. The quantitative estimate of drug-likeness (QED) is 0.564. The first-order valence-electron chi connectivity index (χ1n) is 12.2. The molecule has 7 heteroatoms. The van der Waals surface area contributed by atoms with Crippen molar-refractivity contribution in [2.24, 2.45) is 5.41 Å². The van der Waals surface area contributed by atoms with Crippen molar-refractivity contribution in [3.05, 3.63) is 47.3 Å². The number of hydrogen-bond acceptors (Lipinski definition) is 4. The van der Waals surface area contributed by atoms with Crippen molar-refractivity contribution in [2.45, 2.75) is 83.2 Å². The number of aromatic nitrogens is 3. The van der Waals surface area contributed by atoms with Gasteiger partial charge in [-0.1, -0.05) is 57.6 Å². The summed E-state index contributed by atoms with van der Waals surface area (Å²) in [5, 5.41) is 12.5. The van der Waals surface area contributed by atoms with Gasteiger partial charge in [0.05, 0.1) is 11.4 Å². The fourth-order valence-corrected chi connectivity index (χ4v) is 5.94. The lowest BCUT2D eigenvalue weighted by molar-refractivity contribution is 0.101. The van der Waals surface area contributed by atoms with E-state index in [1.165, 1.54) is 43.7 Å².